The van der Waals surface area contributed by atoms with Crippen LogP contribution in [-0.4, -0.2) is 28.4 Å². The summed E-state index contributed by atoms with van der Waals surface area (Å²) < 4.78 is 0. The summed E-state index contributed by atoms with van der Waals surface area (Å²) in [5.74, 6) is -0.223. The molecule has 0 radical (unpaired) electrons. The average molecular weight is 295 g/mol. The molecule has 2 aromatic rings. The van der Waals surface area contributed by atoms with Gasteiger partial charge in [-0.2, -0.15) is 0 Å². The summed E-state index contributed by atoms with van der Waals surface area (Å²) >= 11 is 0. The van der Waals surface area contributed by atoms with Crippen molar-refractivity contribution in [3.63, 3.8) is 0 Å². The Labute approximate surface area is 129 Å². The van der Waals surface area contributed by atoms with Gasteiger partial charge in [-0.25, -0.2) is 4.79 Å². The van der Waals surface area contributed by atoms with Crippen molar-refractivity contribution in [2.75, 3.05) is 6.54 Å². The first-order chi connectivity index (χ1) is 10.6. The molecule has 3 rings (SSSR count). The molecule has 2 heterocycles. The SMILES string of the molecule is CC1(c2ccncc2)NC(=O)N(CCc2ccccc2)C1=O. The Morgan fingerprint density at radius 1 is 1.09 bits per heavy atom. The molecule has 3 amide bonds. The third-order valence-electron chi connectivity index (χ3n) is 4.00. The fourth-order valence-corrected chi connectivity index (χ4v) is 2.67. The van der Waals surface area contributed by atoms with Gasteiger partial charge in [0.1, 0.15) is 5.54 Å². The van der Waals surface area contributed by atoms with E-state index in [4.69, 9.17) is 0 Å². The molecule has 1 atom stereocenters. The van der Waals surface area contributed by atoms with Crippen LogP contribution in [0.25, 0.3) is 0 Å². The van der Waals surface area contributed by atoms with Crippen molar-refractivity contribution < 1.29 is 9.59 Å². The van der Waals surface area contributed by atoms with Crippen LogP contribution in [0.1, 0.15) is 18.1 Å². The number of urea groups is 1. The summed E-state index contributed by atoms with van der Waals surface area (Å²) in [7, 11) is 0. The molecule has 0 aliphatic carbocycles. The molecule has 22 heavy (non-hydrogen) atoms. The van der Waals surface area contributed by atoms with Gasteiger partial charge < -0.3 is 5.32 Å². The first-order valence-corrected chi connectivity index (χ1v) is 7.20. The monoisotopic (exact) mass is 295 g/mol. The molecule has 1 saturated heterocycles. The largest absolute Gasteiger partial charge is 0.325 e. The Balaban J connectivity index is 1.77. The second kappa shape index (κ2) is 5.60. The maximum atomic E-state index is 12.7. The normalized spacial score (nSPS) is 21.0. The van der Waals surface area contributed by atoms with Crippen LogP contribution >= 0.6 is 0 Å². The Morgan fingerprint density at radius 2 is 1.77 bits per heavy atom. The van der Waals surface area contributed by atoms with Gasteiger partial charge in [0.15, 0.2) is 0 Å². The van der Waals surface area contributed by atoms with Crippen molar-refractivity contribution in [3.05, 3.63) is 66.0 Å². The molecule has 0 bridgehead atoms. The van der Waals surface area contributed by atoms with Gasteiger partial charge in [-0.05, 0) is 36.6 Å². The van der Waals surface area contributed by atoms with Crippen molar-refractivity contribution in [2.45, 2.75) is 18.9 Å². The zero-order valence-corrected chi connectivity index (χ0v) is 12.3. The predicted octanol–water partition coefficient (Wildman–Crippen LogP) is 2.09. The molecule has 1 aliphatic heterocycles. The van der Waals surface area contributed by atoms with Crippen LogP contribution in [0, 0.1) is 0 Å². The highest BCUT2D eigenvalue weighted by Crippen LogP contribution is 2.28. The van der Waals surface area contributed by atoms with E-state index in [1.807, 2.05) is 30.3 Å². The third-order valence-corrected chi connectivity index (χ3v) is 4.00. The highest BCUT2D eigenvalue weighted by atomic mass is 16.2. The first-order valence-electron chi connectivity index (χ1n) is 7.20. The zero-order chi connectivity index (χ0) is 15.6. The molecular formula is C17H17N3O2. The molecule has 5 heteroatoms. The van der Waals surface area contributed by atoms with Crippen molar-refractivity contribution >= 4 is 11.9 Å². The predicted molar refractivity (Wildman–Crippen MR) is 82.0 cm³/mol. The summed E-state index contributed by atoms with van der Waals surface area (Å²) in [5, 5.41) is 2.79. The summed E-state index contributed by atoms with van der Waals surface area (Å²) in [6.07, 6.45) is 3.88. The lowest BCUT2D eigenvalue weighted by atomic mass is 9.93. The summed E-state index contributed by atoms with van der Waals surface area (Å²) in [6.45, 7) is 2.10. The Morgan fingerprint density at radius 3 is 2.45 bits per heavy atom. The van der Waals surface area contributed by atoms with E-state index in [-0.39, 0.29) is 11.9 Å². The molecule has 1 aromatic heterocycles. The highest BCUT2D eigenvalue weighted by Gasteiger charge is 2.48. The van der Waals surface area contributed by atoms with Crippen LogP contribution in [0.4, 0.5) is 4.79 Å². The van der Waals surface area contributed by atoms with E-state index < -0.39 is 5.54 Å². The Bertz CT molecular complexity index is 688. The van der Waals surface area contributed by atoms with Crippen LogP contribution in [0.3, 0.4) is 0 Å². The van der Waals surface area contributed by atoms with Gasteiger partial charge in [-0.3, -0.25) is 14.7 Å². The molecule has 1 aromatic carbocycles. The quantitative estimate of drug-likeness (QED) is 0.879. The number of aromatic nitrogens is 1. The number of rotatable bonds is 4. The van der Waals surface area contributed by atoms with E-state index in [0.29, 0.717) is 13.0 Å². The molecular weight excluding hydrogens is 278 g/mol. The number of amides is 3. The second-order valence-corrected chi connectivity index (χ2v) is 5.48. The lowest BCUT2D eigenvalue weighted by molar-refractivity contribution is -0.131. The van der Waals surface area contributed by atoms with E-state index in [1.54, 1.807) is 31.5 Å². The minimum absolute atomic E-state index is 0.223. The molecule has 1 N–H and O–H groups in total. The fraction of sp³-hybridized carbons (Fsp3) is 0.235. The molecule has 0 saturated carbocycles. The lowest BCUT2D eigenvalue weighted by Crippen LogP contribution is -2.41. The van der Waals surface area contributed by atoms with Gasteiger partial charge in [0, 0.05) is 18.9 Å². The molecule has 5 nitrogen and oxygen atoms in total. The summed E-state index contributed by atoms with van der Waals surface area (Å²) in [5.41, 5.74) is 0.820. The van der Waals surface area contributed by atoms with E-state index in [9.17, 15) is 9.59 Å². The Kier molecular flexibility index (Phi) is 3.63. The van der Waals surface area contributed by atoms with Gasteiger partial charge in [0.05, 0.1) is 0 Å². The number of carbonyl (C=O) groups is 2. The zero-order valence-electron chi connectivity index (χ0n) is 12.3. The molecule has 1 aliphatic rings. The molecule has 0 spiro atoms. The van der Waals surface area contributed by atoms with Crippen LogP contribution < -0.4 is 5.32 Å². The highest BCUT2D eigenvalue weighted by molar-refractivity contribution is 6.07. The molecule has 1 fully saturated rings. The van der Waals surface area contributed by atoms with E-state index in [0.717, 1.165) is 11.1 Å². The smallest absolute Gasteiger partial charge is 0.319 e. The number of imide groups is 1. The standard InChI is InChI=1S/C17H17N3O2/c1-17(14-7-10-18-11-8-14)15(21)20(16(22)19-17)12-9-13-5-3-2-4-6-13/h2-8,10-11H,9,12H2,1H3,(H,19,22). The maximum absolute atomic E-state index is 12.7. The van der Waals surface area contributed by atoms with Crippen LogP contribution in [0.5, 0.6) is 0 Å². The van der Waals surface area contributed by atoms with Crippen molar-refractivity contribution in [1.82, 2.24) is 15.2 Å². The number of carbonyl (C=O) groups excluding carboxylic acids is 2. The van der Waals surface area contributed by atoms with Gasteiger partial charge >= 0.3 is 6.03 Å². The minimum Gasteiger partial charge on any atom is -0.319 e. The second-order valence-electron chi connectivity index (χ2n) is 5.48. The minimum atomic E-state index is -1.02. The van der Waals surface area contributed by atoms with E-state index in [2.05, 4.69) is 10.3 Å². The van der Waals surface area contributed by atoms with Gasteiger partial charge in [0.25, 0.3) is 5.91 Å². The first kappa shape index (κ1) is 14.3. The van der Waals surface area contributed by atoms with Crippen molar-refractivity contribution in [3.8, 4) is 0 Å². The number of nitrogens with one attached hydrogen (secondary N) is 1. The Hall–Kier alpha value is -2.69. The van der Waals surface area contributed by atoms with Crippen molar-refractivity contribution in [2.24, 2.45) is 0 Å². The van der Waals surface area contributed by atoms with Gasteiger partial charge in [-0.15, -0.1) is 0 Å². The maximum Gasteiger partial charge on any atom is 0.325 e. The van der Waals surface area contributed by atoms with Gasteiger partial charge in [-0.1, -0.05) is 30.3 Å². The lowest BCUT2D eigenvalue weighted by Gasteiger charge is -2.21. The van der Waals surface area contributed by atoms with Crippen LogP contribution in [-0.2, 0) is 16.8 Å². The molecule has 1 unspecified atom stereocenters. The van der Waals surface area contributed by atoms with Gasteiger partial charge in [0.2, 0.25) is 0 Å². The fourth-order valence-electron chi connectivity index (χ4n) is 2.67. The third kappa shape index (κ3) is 2.45. The number of benzene rings is 1. The summed E-state index contributed by atoms with van der Waals surface area (Å²) in [4.78, 5) is 30.1. The topological polar surface area (TPSA) is 62.3 Å². The number of pyridine rings is 1. The van der Waals surface area contributed by atoms with Crippen molar-refractivity contribution in [1.29, 1.82) is 0 Å². The van der Waals surface area contributed by atoms with E-state index in [1.165, 1.54) is 4.90 Å². The number of hydrogen-bond acceptors (Lipinski definition) is 3. The average Bonchev–Trinajstić information content (AvgIpc) is 2.78. The van der Waals surface area contributed by atoms with Crippen LogP contribution in [0.2, 0.25) is 0 Å². The summed E-state index contributed by atoms with van der Waals surface area (Å²) in [6, 6.07) is 13.0. The number of hydrogen-bond donors (Lipinski definition) is 1. The molecule has 112 valence electrons. The van der Waals surface area contributed by atoms with Crippen LogP contribution in [0.15, 0.2) is 54.9 Å². The van der Waals surface area contributed by atoms with E-state index >= 15 is 0 Å². The number of nitrogens with zero attached hydrogens (tertiary/aromatic N) is 2.